The van der Waals surface area contributed by atoms with Crippen LogP contribution >= 0.6 is 0 Å². The van der Waals surface area contributed by atoms with Crippen molar-refractivity contribution in [1.29, 1.82) is 0 Å². The number of nitrogens with zero attached hydrogens (tertiary/aromatic N) is 1. The first-order valence-corrected chi connectivity index (χ1v) is 4.15. The minimum Gasteiger partial charge on any atom is -0.381 e. The van der Waals surface area contributed by atoms with E-state index in [0.717, 1.165) is 0 Å². The Labute approximate surface area is 71.4 Å². The molecular weight excluding hydrogens is 134 g/mol. The zero-order chi connectivity index (χ0) is 9.28. The summed E-state index contributed by atoms with van der Waals surface area (Å²) < 4.78 is 0. The lowest BCUT2D eigenvalue weighted by molar-refractivity contribution is 0.514. The van der Waals surface area contributed by atoms with Crippen LogP contribution in [0.3, 0.4) is 0 Å². The summed E-state index contributed by atoms with van der Waals surface area (Å²) in [6.45, 7) is 8.10. The van der Waals surface area contributed by atoms with E-state index < -0.39 is 0 Å². The minimum absolute atomic E-state index is 1.27. The van der Waals surface area contributed by atoms with Crippen LogP contribution in [0.15, 0.2) is 23.9 Å². The lowest BCUT2D eigenvalue weighted by Crippen LogP contribution is -2.07. The Hall–Kier alpha value is -0.720. The number of hydrogen-bond acceptors (Lipinski definition) is 1. The minimum atomic E-state index is 1.27. The average Bonchev–Trinajstić information content (AvgIpc) is 2.03. The fourth-order valence-corrected chi connectivity index (χ4v) is 0.385. The normalized spacial score (nSPS) is 10.9. The summed E-state index contributed by atoms with van der Waals surface area (Å²) in [7, 11) is 4.07. The van der Waals surface area contributed by atoms with E-state index in [1.807, 2.05) is 47.0 Å². The molecule has 0 saturated heterocycles. The summed E-state index contributed by atoms with van der Waals surface area (Å²) in [6.07, 6.45) is 6.14. The van der Waals surface area contributed by atoms with E-state index in [9.17, 15) is 0 Å². The third kappa shape index (κ3) is 9.28. The SMILES string of the molecule is C/C=C\C=C(/C)N(C)C.CC. The standard InChI is InChI=1S/C8H15N.C2H6/c1-5-6-7-8(2)9(3)4;1-2/h5-7H,1-4H3;1-2H3/b6-5-,8-7+;. The smallest absolute Gasteiger partial charge is 0.00957 e. The van der Waals surface area contributed by atoms with Gasteiger partial charge in [-0.25, -0.2) is 0 Å². The molecule has 0 bridgehead atoms. The van der Waals surface area contributed by atoms with E-state index in [1.54, 1.807) is 0 Å². The summed E-state index contributed by atoms with van der Waals surface area (Å²) in [4.78, 5) is 2.08. The topological polar surface area (TPSA) is 3.24 Å². The first-order valence-electron chi connectivity index (χ1n) is 4.15. The highest BCUT2D eigenvalue weighted by molar-refractivity contribution is 5.07. The number of hydrogen-bond donors (Lipinski definition) is 0. The van der Waals surface area contributed by atoms with Gasteiger partial charge in [0.15, 0.2) is 0 Å². The fraction of sp³-hybridized carbons (Fsp3) is 0.600. The van der Waals surface area contributed by atoms with E-state index in [0.29, 0.717) is 0 Å². The molecule has 0 unspecified atom stereocenters. The van der Waals surface area contributed by atoms with Crippen molar-refractivity contribution in [2.45, 2.75) is 27.7 Å². The Balaban J connectivity index is 0. The van der Waals surface area contributed by atoms with Crippen molar-refractivity contribution in [2.24, 2.45) is 0 Å². The van der Waals surface area contributed by atoms with Crippen molar-refractivity contribution in [1.82, 2.24) is 4.90 Å². The lowest BCUT2D eigenvalue weighted by atomic mass is 10.4. The first-order chi connectivity index (χ1) is 5.18. The molecule has 0 aliphatic rings. The van der Waals surface area contributed by atoms with Crippen LogP contribution in [-0.2, 0) is 0 Å². The Morgan fingerprint density at radius 2 is 1.64 bits per heavy atom. The van der Waals surface area contributed by atoms with E-state index in [-0.39, 0.29) is 0 Å². The summed E-state index contributed by atoms with van der Waals surface area (Å²) in [5.41, 5.74) is 1.27. The van der Waals surface area contributed by atoms with Crippen molar-refractivity contribution >= 4 is 0 Å². The molecule has 0 radical (unpaired) electrons. The molecule has 0 rings (SSSR count). The van der Waals surface area contributed by atoms with Gasteiger partial charge in [0, 0.05) is 19.8 Å². The second kappa shape index (κ2) is 9.28. The summed E-state index contributed by atoms with van der Waals surface area (Å²) >= 11 is 0. The fourth-order valence-electron chi connectivity index (χ4n) is 0.385. The molecule has 1 nitrogen and oxygen atoms in total. The molecule has 0 N–H and O–H groups in total. The molecule has 0 aliphatic heterocycles. The van der Waals surface area contributed by atoms with E-state index in [4.69, 9.17) is 0 Å². The van der Waals surface area contributed by atoms with Crippen LogP contribution in [0, 0.1) is 0 Å². The summed E-state index contributed by atoms with van der Waals surface area (Å²) in [5.74, 6) is 0. The maximum Gasteiger partial charge on any atom is 0.00957 e. The predicted octanol–water partition coefficient (Wildman–Crippen LogP) is 3.05. The van der Waals surface area contributed by atoms with Crippen LogP contribution in [0.5, 0.6) is 0 Å². The first kappa shape index (κ1) is 12.9. The van der Waals surface area contributed by atoms with Crippen molar-refractivity contribution < 1.29 is 0 Å². The zero-order valence-corrected chi connectivity index (χ0v) is 8.68. The van der Waals surface area contributed by atoms with Crippen LogP contribution in [-0.4, -0.2) is 19.0 Å². The van der Waals surface area contributed by atoms with Crippen LogP contribution in [0.25, 0.3) is 0 Å². The molecular formula is C10H21N. The molecule has 0 amide bonds. The maximum absolute atomic E-state index is 2.08. The van der Waals surface area contributed by atoms with Gasteiger partial charge in [-0.3, -0.25) is 0 Å². The molecule has 0 aromatic rings. The third-order valence-corrected chi connectivity index (χ3v) is 1.24. The van der Waals surface area contributed by atoms with Crippen molar-refractivity contribution in [2.75, 3.05) is 14.1 Å². The molecule has 0 aliphatic carbocycles. The van der Waals surface area contributed by atoms with Crippen LogP contribution in [0.4, 0.5) is 0 Å². The molecule has 0 heterocycles. The van der Waals surface area contributed by atoms with Gasteiger partial charge in [0.1, 0.15) is 0 Å². The summed E-state index contributed by atoms with van der Waals surface area (Å²) in [5, 5.41) is 0. The highest BCUT2D eigenvalue weighted by Crippen LogP contribution is 1.94. The predicted molar refractivity (Wildman–Crippen MR) is 53.6 cm³/mol. The summed E-state index contributed by atoms with van der Waals surface area (Å²) in [6, 6.07) is 0. The molecule has 66 valence electrons. The Morgan fingerprint density at radius 1 is 1.18 bits per heavy atom. The molecule has 1 heteroatoms. The zero-order valence-electron chi connectivity index (χ0n) is 8.68. The van der Waals surface area contributed by atoms with E-state index in [1.165, 1.54) is 5.70 Å². The molecule has 0 fully saturated rings. The van der Waals surface area contributed by atoms with Gasteiger partial charge in [-0.2, -0.15) is 0 Å². The highest BCUT2D eigenvalue weighted by atomic mass is 15.1. The Morgan fingerprint density at radius 3 is 1.91 bits per heavy atom. The molecule has 0 aromatic carbocycles. The van der Waals surface area contributed by atoms with Gasteiger partial charge in [0.25, 0.3) is 0 Å². The molecule has 0 saturated carbocycles. The van der Waals surface area contributed by atoms with Crippen LogP contribution < -0.4 is 0 Å². The average molecular weight is 155 g/mol. The molecule has 11 heavy (non-hydrogen) atoms. The van der Waals surface area contributed by atoms with Gasteiger partial charge in [-0.15, -0.1) is 0 Å². The second-order valence-corrected chi connectivity index (χ2v) is 2.23. The highest BCUT2D eigenvalue weighted by Gasteiger charge is 1.84. The van der Waals surface area contributed by atoms with Gasteiger partial charge in [-0.1, -0.05) is 26.0 Å². The third-order valence-electron chi connectivity index (χ3n) is 1.24. The van der Waals surface area contributed by atoms with Crippen LogP contribution in [0.1, 0.15) is 27.7 Å². The van der Waals surface area contributed by atoms with Crippen LogP contribution in [0.2, 0.25) is 0 Å². The monoisotopic (exact) mass is 155 g/mol. The lowest BCUT2D eigenvalue weighted by Gasteiger charge is -2.10. The van der Waals surface area contributed by atoms with Gasteiger partial charge in [-0.05, 0) is 19.9 Å². The van der Waals surface area contributed by atoms with Crippen molar-refractivity contribution in [3.05, 3.63) is 23.9 Å². The maximum atomic E-state index is 2.08. The van der Waals surface area contributed by atoms with Crippen molar-refractivity contribution in [3.63, 3.8) is 0 Å². The van der Waals surface area contributed by atoms with Gasteiger partial charge >= 0.3 is 0 Å². The van der Waals surface area contributed by atoms with E-state index in [2.05, 4.69) is 17.9 Å². The second-order valence-electron chi connectivity index (χ2n) is 2.23. The van der Waals surface area contributed by atoms with E-state index >= 15 is 0 Å². The van der Waals surface area contributed by atoms with Crippen molar-refractivity contribution in [3.8, 4) is 0 Å². The van der Waals surface area contributed by atoms with Gasteiger partial charge in [0.2, 0.25) is 0 Å². The largest absolute Gasteiger partial charge is 0.381 e. The quantitative estimate of drug-likeness (QED) is 0.554. The molecule has 0 aromatic heterocycles. The Bertz CT molecular complexity index is 121. The molecule has 0 atom stereocenters. The Kier molecular flexibility index (Phi) is 10.9. The number of allylic oxidation sites excluding steroid dienone is 4. The molecule has 0 spiro atoms. The van der Waals surface area contributed by atoms with Gasteiger partial charge < -0.3 is 4.90 Å². The number of rotatable bonds is 2. The van der Waals surface area contributed by atoms with Gasteiger partial charge in [0.05, 0.1) is 0 Å².